The number of nitrogens with zero attached hydrogens (tertiary/aromatic N) is 2. The molecule has 0 atom stereocenters. The van der Waals surface area contributed by atoms with Crippen LogP contribution in [0.2, 0.25) is 0 Å². The molecule has 1 amide bonds. The lowest BCUT2D eigenvalue weighted by Gasteiger charge is -2.45. The van der Waals surface area contributed by atoms with E-state index < -0.39 is 18.6 Å². The minimum Gasteiger partial charge on any atom is -0.336 e. The second-order valence-corrected chi connectivity index (χ2v) is 5.76. The van der Waals surface area contributed by atoms with E-state index in [4.69, 9.17) is 0 Å². The maximum Gasteiger partial charge on any atom is 0.406 e. The number of carbonyl (C=O) groups excluding carboxylic acids is 1. The largest absolute Gasteiger partial charge is 0.406 e. The van der Waals surface area contributed by atoms with Crippen LogP contribution in [0.4, 0.5) is 13.2 Å². The molecule has 1 aliphatic carbocycles. The van der Waals surface area contributed by atoms with Crippen LogP contribution in [-0.4, -0.2) is 62.3 Å². The van der Waals surface area contributed by atoms with Crippen molar-refractivity contribution < 1.29 is 18.0 Å². The summed E-state index contributed by atoms with van der Waals surface area (Å²) in [7, 11) is 7.03. The van der Waals surface area contributed by atoms with Crippen LogP contribution in [0.15, 0.2) is 0 Å². The van der Waals surface area contributed by atoms with E-state index in [1.54, 1.807) is 0 Å². The molecule has 20 heavy (non-hydrogen) atoms. The van der Waals surface area contributed by atoms with Crippen molar-refractivity contribution in [2.75, 3.05) is 34.7 Å². The van der Waals surface area contributed by atoms with Gasteiger partial charge in [-0.05, 0) is 46.8 Å². The zero-order valence-corrected chi connectivity index (χ0v) is 12.5. The molecule has 1 aliphatic rings. The van der Waals surface area contributed by atoms with E-state index in [9.17, 15) is 18.0 Å². The Labute approximate surface area is 118 Å². The highest BCUT2D eigenvalue weighted by Crippen LogP contribution is 2.34. The summed E-state index contributed by atoms with van der Waals surface area (Å²) >= 11 is 0. The van der Waals surface area contributed by atoms with Crippen LogP contribution >= 0.6 is 0 Å². The number of hydrogen-bond acceptors (Lipinski definition) is 3. The fourth-order valence-electron chi connectivity index (χ4n) is 2.92. The van der Waals surface area contributed by atoms with E-state index in [1.807, 2.05) is 21.1 Å². The lowest BCUT2D eigenvalue weighted by Crippen LogP contribution is -2.57. The number of rotatable bonds is 4. The second kappa shape index (κ2) is 6.30. The van der Waals surface area contributed by atoms with Crippen molar-refractivity contribution in [3.63, 3.8) is 0 Å². The van der Waals surface area contributed by atoms with Crippen molar-refractivity contribution in [3.8, 4) is 0 Å². The second-order valence-electron chi connectivity index (χ2n) is 5.76. The summed E-state index contributed by atoms with van der Waals surface area (Å²) in [5.74, 6) is -0.699. The van der Waals surface area contributed by atoms with Crippen molar-refractivity contribution in [1.82, 2.24) is 15.1 Å². The Bertz CT molecular complexity index is 336. The minimum absolute atomic E-state index is 0.153. The topological polar surface area (TPSA) is 35.6 Å². The minimum atomic E-state index is -4.34. The smallest absolute Gasteiger partial charge is 0.336 e. The van der Waals surface area contributed by atoms with Crippen LogP contribution in [-0.2, 0) is 4.79 Å². The van der Waals surface area contributed by atoms with Gasteiger partial charge in [0.15, 0.2) is 0 Å². The standard InChI is InChI=1S/C13H24F3N3O/c1-17-12(18(2)3)7-5-10(6-8-12)11(20)19(4)9-13(14,15)16/h10,17H,5-9H2,1-4H3. The third-order valence-electron chi connectivity index (χ3n) is 4.28. The summed E-state index contributed by atoms with van der Waals surface area (Å²) < 4.78 is 36.9. The molecule has 0 aromatic heterocycles. The highest BCUT2D eigenvalue weighted by molar-refractivity contribution is 5.78. The maximum atomic E-state index is 12.3. The molecule has 0 saturated heterocycles. The van der Waals surface area contributed by atoms with E-state index in [2.05, 4.69) is 10.2 Å². The summed E-state index contributed by atoms with van der Waals surface area (Å²) in [4.78, 5) is 14.9. The number of carbonyl (C=O) groups is 1. The third-order valence-corrected chi connectivity index (χ3v) is 4.28. The van der Waals surface area contributed by atoms with Gasteiger partial charge in [0.05, 0.1) is 5.66 Å². The molecule has 1 saturated carbocycles. The van der Waals surface area contributed by atoms with Crippen molar-refractivity contribution >= 4 is 5.91 Å². The Hall–Kier alpha value is -0.820. The summed E-state index contributed by atoms with van der Waals surface area (Å²) in [6.45, 7) is -1.17. The molecule has 0 unspecified atom stereocenters. The van der Waals surface area contributed by atoms with E-state index in [0.29, 0.717) is 12.8 Å². The number of amides is 1. The number of halogens is 3. The van der Waals surface area contributed by atoms with Gasteiger partial charge < -0.3 is 10.2 Å². The predicted octanol–water partition coefficient (Wildman–Crippen LogP) is 1.67. The van der Waals surface area contributed by atoms with Gasteiger partial charge >= 0.3 is 6.18 Å². The zero-order chi connectivity index (χ0) is 15.6. The molecule has 0 aromatic rings. The van der Waals surface area contributed by atoms with E-state index in [0.717, 1.165) is 17.7 Å². The van der Waals surface area contributed by atoms with Gasteiger partial charge in [0.1, 0.15) is 6.54 Å². The first kappa shape index (κ1) is 17.2. The first-order valence-corrected chi connectivity index (χ1v) is 6.79. The molecule has 0 spiro atoms. The molecule has 1 fully saturated rings. The van der Waals surface area contributed by atoms with Gasteiger partial charge in [0.2, 0.25) is 5.91 Å². The van der Waals surface area contributed by atoms with Crippen molar-refractivity contribution in [3.05, 3.63) is 0 Å². The van der Waals surface area contributed by atoms with Gasteiger partial charge in [-0.15, -0.1) is 0 Å². The molecule has 0 heterocycles. The molecular formula is C13H24F3N3O. The lowest BCUT2D eigenvalue weighted by molar-refractivity contribution is -0.162. The Morgan fingerprint density at radius 1 is 1.25 bits per heavy atom. The Morgan fingerprint density at radius 2 is 1.75 bits per heavy atom. The first-order chi connectivity index (χ1) is 9.11. The molecule has 0 bridgehead atoms. The average Bonchev–Trinajstić information content (AvgIpc) is 2.35. The van der Waals surface area contributed by atoms with Crippen molar-refractivity contribution in [2.24, 2.45) is 5.92 Å². The Morgan fingerprint density at radius 3 is 2.10 bits per heavy atom. The maximum absolute atomic E-state index is 12.3. The average molecular weight is 295 g/mol. The molecule has 118 valence electrons. The van der Waals surface area contributed by atoms with Crippen LogP contribution in [0.3, 0.4) is 0 Å². The van der Waals surface area contributed by atoms with Gasteiger partial charge in [0.25, 0.3) is 0 Å². The van der Waals surface area contributed by atoms with Crippen LogP contribution in [0.1, 0.15) is 25.7 Å². The fourth-order valence-corrected chi connectivity index (χ4v) is 2.92. The van der Waals surface area contributed by atoms with Crippen LogP contribution in [0.25, 0.3) is 0 Å². The van der Waals surface area contributed by atoms with E-state index >= 15 is 0 Å². The summed E-state index contributed by atoms with van der Waals surface area (Å²) in [5.41, 5.74) is -0.153. The highest BCUT2D eigenvalue weighted by Gasteiger charge is 2.40. The number of alkyl halides is 3. The molecule has 0 radical (unpaired) electrons. The quantitative estimate of drug-likeness (QED) is 0.802. The molecular weight excluding hydrogens is 271 g/mol. The summed E-state index contributed by atoms with van der Waals surface area (Å²) in [5, 5.41) is 3.26. The number of hydrogen-bond donors (Lipinski definition) is 1. The van der Waals surface area contributed by atoms with Gasteiger partial charge in [-0.2, -0.15) is 13.2 Å². The molecule has 1 N–H and O–H groups in total. The fraction of sp³-hybridized carbons (Fsp3) is 0.923. The first-order valence-electron chi connectivity index (χ1n) is 6.79. The van der Waals surface area contributed by atoms with Gasteiger partial charge in [0, 0.05) is 13.0 Å². The summed E-state index contributed by atoms with van der Waals surface area (Å²) in [6, 6.07) is 0. The highest BCUT2D eigenvalue weighted by atomic mass is 19.4. The molecule has 7 heteroatoms. The van der Waals surface area contributed by atoms with Crippen LogP contribution < -0.4 is 5.32 Å². The molecule has 4 nitrogen and oxygen atoms in total. The normalized spacial score (nSPS) is 27.7. The van der Waals surface area contributed by atoms with E-state index in [-0.39, 0.29) is 11.6 Å². The van der Waals surface area contributed by atoms with E-state index in [1.165, 1.54) is 7.05 Å². The van der Waals surface area contributed by atoms with Crippen LogP contribution in [0.5, 0.6) is 0 Å². The van der Waals surface area contributed by atoms with Gasteiger partial charge in [-0.25, -0.2) is 0 Å². The molecule has 0 aliphatic heterocycles. The monoisotopic (exact) mass is 295 g/mol. The lowest BCUT2D eigenvalue weighted by atomic mass is 9.80. The van der Waals surface area contributed by atoms with Crippen LogP contribution in [0, 0.1) is 5.92 Å². The SMILES string of the molecule is CNC1(N(C)C)CCC(C(=O)N(C)CC(F)(F)F)CC1. The van der Waals surface area contributed by atoms with Crippen molar-refractivity contribution in [1.29, 1.82) is 0 Å². The summed E-state index contributed by atoms with van der Waals surface area (Å²) in [6.07, 6.45) is -1.60. The third kappa shape index (κ3) is 4.09. The molecule has 0 aromatic carbocycles. The zero-order valence-electron chi connectivity index (χ0n) is 12.5. The predicted molar refractivity (Wildman–Crippen MR) is 71.1 cm³/mol. The van der Waals surface area contributed by atoms with Gasteiger partial charge in [-0.1, -0.05) is 0 Å². The number of nitrogens with one attached hydrogen (secondary N) is 1. The van der Waals surface area contributed by atoms with Crippen molar-refractivity contribution in [2.45, 2.75) is 37.5 Å². The Kier molecular flexibility index (Phi) is 5.43. The van der Waals surface area contributed by atoms with Gasteiger partial charge in [-0.3, -0.25) is 9.69 Å². The molecule has 1 rings (SSSR count). The Balaban J connectivity index is 2.59.